The fraction of sp³-hybridized carbons (Fsp3) is 0.614. The van der Waals surface area contributed by atoms with Gasteiger partial charge in [0.25, 0.3) is 0 Å². The number of fused-ring (bicyclic) bond motifs is 1. The summed E-state index contributed by atoms with van der Waals surface area (Å²) < 4.78 is 37.4. The van der Waals surface area contributed by atoms with Gasteiger partial charge in [0.1, 0.15) is 23.9 Å². The number of aryl methyl sites for hydroxylation is 1. The third-order valence-electron chi connectivity index (χ3n) is 16.5. The number of rotatable bonds is 19. The van der Waals surface area contributed by atoms with Gasteiger partial charge in [-0.3, -0.25) is 19.4 Å². The molecule has 3 aliphatic heterocycles. The average molecular weight is 1090 g/mol. The number of hydrogen-bond acceptors (Lipinski definition) is 18. The second-order valence-electron chi connectivity index (χ2n) is 22.3. The van der Waals surface area contributed by atoms with E-state index in [0.717, 1.165) is 33.9 Å². The molecule has 0 spiro atoms. The number of unbranched alkanes of at least 4 members (excludes halogenated alkanes) is 1. The van der Waals surface area contributed by atoms with Crippen molar-refractivity contribution in [3.05, 3.63) is 90.7 Å². The van der Waals surface area contributed by atoms with E-state index < -0.39 is 89.4 Å². The number of hydrogen-bond donors (Lipinski definition) is 2. The molecule has 428 valence electrons. The molecule has 8 rings (SSSR count). The van der Waals surface area contributed by atoms with Crippen LogP contribution < -0.4 is 0 Å². The maximum absolute atomic E-state index is 15.0. The van der Waals surface area contributed by atoms with Crippen LogP contribution in [0.2, 0.25) is 0 Å². The number of imidazole rings is 1. The van der Waals surface area contributed by atoms with E-state index in [1.54, 1.807) is 60.7 Å². The van der Waals surface area contributed by atoms with Crippen LogP contribution in [0.25, 0.3) is 16.9 Å². The van der Waals surface area contributed by atoms with Gasteiger partial charge in [0.2, 0.25) is 0 Å². The van der Waals surface area contributed by atoms with Crippen molar-refractivity contribution in [2.24, 2.45) is 23.7 Å². The summed E-state index contributed by atoms with van der Waals surface area (Å²) in [6.07, 6.45) is 8.38. The Morgan fingerprint density at radius 1 is 0.899 bits per heavy atom. The molecule has 22 heteroatoms. The lowest BCUT2D eigenvalue weighted by molar-refractivity contribution is -0.296. The molecule has 3 aliphatic rings. The number of esters is 1. The number of nitrogens with zero attached hydrogens (tertiary/aromatic N) is 11. The molecular weight excluding hydrogens is 1010 g/mol. The minimum absolute atomic E-state index is 0.0138. The van der Waals surface area contributed by atoms with Crippen molar-refractivity contribution in [2.45, 2.75) is 167 Å². The molecule has 13 atom stereocenters. The van der Waals surface area contributed by atoms with E-state index in [0.29, 0.717) is 51.7 Å². The highest BCUT2D eigenvalue weighted by molar-refractivity contribution is 6.00. The lowest BCUT2D eigenvalue weighted by atomic mass is 9.73. The number of likely N-dealkylation sites (N-methyl/N-ethyl adjacent to an activating group) is 1. The molecule has 1 amide bonds. The van der Waals surface area contributed by atoms with Crippen LogP contribution in [0.3, 0.4) is 0 Å². The number of cyclic esters (lactones) is 1. The number of Topliss-reactive ketones (excluding diaryl/α,β-unsaturated/α-hetero) is 2. The Morgan fingerprint density at radius 2 is 1.63 bits per heavy atom. The van der Waals surface area contributed by atoms with Gasteiger partial charge < -0.3 is 48.3 Å². The van der Waals surface area contributed by atoms with Crippen molar-refractivity contribution >= 4 is 23.6 Å². The fourth-order valence-corrected chi connectivity index (χ4v) is 11.9. The third-order valence-corrected chi connectivity index (χ3v) is 16.5. The zero-order valence-corrected chi connectivity index (χ0v) is 47.3. The quantitative estimate of drug-likeness (QED) is 0.0605. The van der Waals surface area contributed by atoms with Crippen molar-refractivity contribution in [1.82, 2.24) is 54.3 Å². The van der Waals surface area contributed by atoms with E-state index in [-0.39, 0.29) is 37.9 Å². The van der Waals surface area contributed by atoms with Crippen LogP contribution in [0, 0.1) is 23.7 Å². The van der Waals surface area contributed by atoms with Crippen LogP contribution >= 0.6 is 0 Å². The molecule has 0 unspecified atom stereocenters. The first-order chi connectivity index (χ1) is 37.8. The molecule has 2 N–H and O–H groups in total. The van der Waals surface area contributed by atoms with Gasteiger partial charge in [0, 0.05) is 100 Å². The number of amides is 1. The second kappa shape index (κ2) is 25.4. The van der Waals surface area contributed by atoms with Gasteiger partial charge in [-0.05, 0) is 96.7 Å². The van der Waals surface area contributed by atoms with Crippen molar-refractivity contribution in [3.8, 4) is 16.9 Å². The SMILES string of the molecule is CC[C@H]1OC(=O)[C@H](C)C(=O)[C@H](C)[C@@H](O[C@@H]2O[C@H](C)C[C@H](N(C)CCc3cn(-c4ccc(Cn5cc(CCO)nn5)cc4)nn3)[C@H]2O)[C@](C)(OC)C[C@@H](C)C(=O)[C@H](C)[C@@H]2N(CCCCn3cnc(-c4cccnc4)c3)C(=O)O[C@@]21C. The lowest BCUT2D eigenvalue weighted by Crippen LogP contribution is -2.60. The highest BCUT2D eigenvalue weighted by Crippen LogP contribution is 2.43. The molecule has 0 bridgehead atoms. The van der Waals surface area contributed by atoms with Crippen molar-refractivity contribution in [3.63, 3.8) is 0 Å². The largest absolute Gasteiger partial charge is 0.458 e. The van der Waals surface area contributed by atoms with Crippen LogP contribution in [0.15, 0.2) is 73.7 Å². The number of pyridine rings is 1. The molecule has 3 fully saturated rings. The Labute approximate surface area is 462 Å². The number of methoxy groups -OCH3 is 1. The summed E-state index contributed by atoms with van der Waals surface area (Å²) in [4.78, 5) is 70.4. The first kappa shape index (κ1) is 58.8. The highest BCUT2D eigenvalue weighted by Gasteiger charge is 2.60. The maximum atomic E-state index is 15.0. The first-order valence-corrected chi connectivity index (χ1v) is 27.7. The number of aliphatic hydroxyl groups is 2. The topological polar surface area (TPSA) is 253 Å². The normalized spacial score (nSPS) is 30.1. The van der Waals surface area contributed by atoms with E-state index in [1.165, 1.54) is 14.0 Å². The smallest absolute Gasteiger partial charge is 0.410 e. The molecule has 0 radical (unpaired) electrons. The van der Waals surface area contributed by atoms with Crippen LogP contribution in [0.5, 0.6) is 0 Å². The molecule has 1 aromatic carbocycles. The number of carbonyl (C=O) groups is 4. The maximum Gasteiger partial charge on any atom is 0.410 e. The summed E-state index contributed by atoms with van der Waals surface area (Å²) >= 11 is 0. The molecule has 22 nitrogen and oxygen atoms in total. The van der Waals surface area contributed by atoms with Gasteiger partial charge >= 0.3 is 12.1 Å². The van der Waals surface area contributed by atoms with Crippen molar-refractivity contribution < 1.29 is 53.1 Å². The van der Waals surface area contributed by atoms with E-state index in [2.05, 4.69) is 30.6 Å². The van der Waals surface area contributed by atoms with E-state index in [9.17, 15) is 24.6 Å². The van der Waals surface area contributed by atoms with Crippen molar-refractivity contribution in [1.29, 1.82) is 0 Å². The Kier molecular flexibility index (Phi) is 18.9. The number of ketones is 2. The summed E-state index contributed by atoms with van der Waals surface area (Å²) in [5.41, 5.74) is 2.25. The van der Waals surface area contributed by atoms with Gasteiger partial charge in [-0.25, -0.2) is 19.1 Å². The molecule has 5 aromatic rings. The molecule has 7 heterocycles. The van der Waals surface area contributed by atoms with Crippen LogP contribution in [0.1, 0.15) is 104 Å². The highest BCUT2D eigenvalue weighted by atomic mass is 16.7. The number of benzene rings is 1. The van der Waals surface area contributed by atoms with Gasteiger partial charge in [-0.1, -0.05) is 50.3 Å². The molecular formula is C57H79N11O11. The monoisotopic (exact) mass is 1090 g/mol. The number of ether oxygens (including phenoxy) is 5. The van der Waals surface area contributed by atoms with E-state index >= 15 is 4.79 Å². The number of aromatic nitrogens is 9. The predicted octanol–water partition coefficient (Wildman–Crippen LogP) is 5.30. The fourth-order valence-electron chi connectivity index (χ4n) is 11.9. The van der Waals surface area contributed by atoms with E-state index in [1.807, 2.05) is 92.3 Å². The van der Waals surface area contributed by atoms with Gasteiger partial charge in [-0.2, -0.15) is 0 Å². The summed E-state index contributed by atoms with van der Waals surface area (Å²) in [5, 5.41) is 38.4. The van der Waals surface area contributed by atoms with Crippen molar-refractivity contribution in [2.75, 3.05) is 33.9 Å². The summed E-state index contributed by atoms with van der Waals surface area (Å²) in [5.74, 6) is -5.27. The molecule has 0 aliphatic carbocycles. The minimum atomic E-state index is -1.44. The Hall–Kier alpha value is -6.30. The summed E-state index contributed by atoms with van der Waals surface area (Å²) in [6.45, 7) is 15.9. The first-order valence-electron chi connectivity index (χ1n) is 27.7. The molecule has 0 saturated carbocycles. The summed E-state index contributed by atoms with van der Waals surface area (Å²) in [7, 11) is 3.41. The zero-order valence-electron chi connectivity index (χ0n) is 47.3. The third kappa shape index (κ3) is 13.2. The van der Waals surface area contributed by atoms with Gasteiger partial charge in [0.15, 0.2) is 17.7 Å². The van der Waals surface area contributed by atoms with E-state index in [4.69, 9.17) is 23.7 Å². The predicted molar refractivity (Wildman–Crippen MR) is 288 cm³/mol. The minimum Gasteiger partial charge on any atom is -0.458 e. The Balaban J connectivity index is 0.956. The lowest BCUT2D eigenvalue weighted by Gasteiger charge is -2.47. The molecule has 3 saturated heterocycles. The standard InChI is InChI=1S/C57H79N11O11/c1-11-47-57(8)51(67(55(74)79-57)24-13-12-23-65-33-45(59-34-65)41-15-14-22-58-29-41)37(4)48(70)35(2)28-56(7,75-10)52(38(5)49(71)39(6)53(73)77-47)78-54-50(72)46(27-36(3)76-54)64(9)25-20-42-32-68(63-61-42)44-18-16-40(17-19-44)30-66-31-43(21-26-69)60-62-66/h14-19,22,29,31-39,46-47,50-52,54,69,72H,11-13,20-21,23-28,30H2,1-10H3/t35-,36-,37+,38+,39-,46+,47-,50-,51+,52-,54+,56-,57-/m1/s1. The van der Waals surface area contributed by atoms with Crippen LogP contribution in [-0.4, -0.2) is 176 Å². The zero-order chi connectivity index (χ0) is 56.8. The van der Waals surface area contributed by atoms with Gasteiger partial charge in [0.05, 0.1) is 65.7 Å². The molecule has 79 heavy (non-hydrogen) atoms. The van der Waals surface area contributed by atoms with Crippen LogP contribution in [-0.2, 0) is 64.0 Å². The number of aliphatic hydroxyl groups excluding tert-OH is 2. The Bertz CT molecular complexity index is 2840. The molecule has 4 aromatic heterocycles. The average Bonchev–Trinajstić information content (AvgIpc) is 4.44. The summed E-state index contributed by atoms with van der Waals surface area (Å²) in [6, 6.07) is 10.4. The van der Waals surface area contributed by atoms with Gasteiger partial charge in [-0.15, -0.1) is 10.2 Å². The number of carbonyl (C=O) groups excluding carboxylic acids is 4. The second-order valence-corrected chi connectivity index (χ2v) is 22.3. The Morgan fingerprint density at radius 3 is 2.34 bits per heavy atom. The van der Waals surface area contributed by atoms with Crippen LogP contribution in [0.4, 0.5) is 4.79 Å².